The second kappa shape index (κ2) is 10.9. The quantitative estimate of drug-likeness (QED) is 0.203. The predicted molar refractivity (Wildman–Crippen MR) is 130 cm³/mol. The third-order valence-corrected chi connectivity index (χ3v) is 6.39. The van der Waals surface area contributed by atoms with Crippen LogP contribution in [0, 0.1) is 0 Å². The number of hydrogen-bond acceptors (Lipinski definition) is 8. The normalized spacial score (nSPS) is 11.7. The van der Waals surface area contributed by atoms with Gasteiger partial charge in [0.05, 0.1) is 18.0 Å². The van der Waals surface area contributed by atoms with Gasteiger partial charge in [-0.15, -0.1) is 11.3 Å². The van der Waals surface area contributed by atoms with Crippen LogP contribution in [0.5, 0.6) is 5.75 Å². The molecule has 0 saturated heterocycles. The number of thioether (sulfide) groups is 1. The number of fused-ring (bicyclic) bond motifs is 1. The summed E-state index contributed by atoms with van der Waals surface area (Å²) in [7, 11) is 0. The summed E-state index contributed by atoms with van der Waals surface area (Å²) < 4.78 is 11.2. The number of thiophene rings is 1. The Hall–Kier alpha value is -3.43. The molecular weight excluding hydrogens is 458 g/mol. The molecule has 33 heavy (non-hydrogen) atoms. The summed E-state index contributed by atoms with van der Waals surface area (Å²) in [5.41, 5.74) is 1.08. The monoisotopic (exact) mass is 479 g/mol. The first-order valence-electron chi connectivity index (χ1n) is 10.2. The molecule has 9 heteroatoms. The average Bonchev–Trinajstić information content (AvgIpc) is 3.33. The number of aromatic nitrogens is 2. The molecule has 0 aliphatic carbocycles. The molecule has 2 aromatic heterocycles. The van der Waals surface area contributed by atoms with Crippen molar-refractivity contribution >= 4 is 50.9 Å². The summed E-state index contributed by atoms with van der Waals surface area (Å²) in [4.78, 5) is 35.2. The molecule has 0 aliphatic rings. The van der Waals surface area contributed by atoms with Crippen molar-refractivity contribution in [1.29, 1.82) is 0 Å². The summed E-state index contributed by atoms with van der Waals surface area (Å²) >= 11 is 2.76. The zero-order chi connectivity index (χ0) is 23.0. The van der Waals surface area contributed by atoms with Gasteiger partial charge in [0.2, 0.25) is 6.10 Å². The Morgan fingerprint density at radius 3 is 2.67 bits per heavy atom. The van der Waals surface area contributed by atoms with E-state index in [4.69, 9.17) is 9.47 Å². The first-order chi connectivity index (χ1) is 16.2. The smallest absolute Gasteiger partial charge is 0.317 e. The fraction of sp³-hybridized carbons (Fsp3) is 0.167. The van der Waals surface area contributed by atoms with E-state index in [9.17, 15) is 9.59 Å². The van der Waals surface area contributed by atoms with Crippen LogP contribution in [0.1, 0.15) is 18.6 Å². The number of anilines is 1. The Labute approximate surface area is 199 Å². The first kappa shape index (κ1) is 22.8. The van der Waals surface area contributed by atoms with E-state index >= 15 is 0 Å². The third kappa shape index (κ3) is 5.68. The van der Waals surface area contributed by atoms with Gasteiger partial charge < -0.3 is 14.8 Å². The lowest BCUT2D eigenvalue weighted by atomic mass is 10.1. The maximum Gasteiger partial charge on any atom is 0.317 e. The van der Waals surface area contributed by atoms with Crippen LogP contribution in [0.3, 0.4) is 0 Å². The number of para-hydroxylation sites is 2. The maximum absolute atomic E-state index is 13.1. The molecule has 4 rings (SSSR count). The summed E-state index contributed by atoms with van der Waals surface area (Å²) in [5.74, 6) is -0.433. The van der Waals surface area contributed by atoms with Crippen molar-refractivity contribution in [1.82, 2.24) is 9.97 Å². The minimum absolute atomic E-state index is 0.00804. The molecule has 0 fully saturated rings. The van der Waals surface area contributed by atoms with E-state index in [2.05, 4.69) is 15.3 Å². The van der Waals surface area contributed by atoms with Gasteiger partial charge in [-0.3, -0.25) is 9.59 Å². The van der Waals surface area contributed by atoms with E-state index in [1.807, 2.05) is 30.5 Å². The number of carbonyl (C=O) groups excluding carboxylic acids is 2. The molecule has 1 atom stereocenters. The maximum atomic E-state index is 13.1. The minimum atomic E-state index is -1.11. The molecule has 1 unspecified atom stereocenters. The van der Waals surface area contributed by atoms with E-state index in [0.29, 0.717) is 28.6 Å². The molecule has 0 radical (unpaired) electrons. The van der Waals surface area contributed by atoms with Crippen LogP contribution in [-0.4, -0.2) is 34.2 Å². The molecule has 2 heterocycles. The number of hydrogen-bond donors (Lipinski definition) is 1. The Kier molecular flexibility index (Phi) is 7.54. The van der Waals surface area contributed by atoms with Crippen LogP contribution in [0.25, 0.3) is 10.2 Å². The molecule has 0 bridgehead atoms. The van der Waals surface area contributed by atoms with E-state index in [1.165, 1.54) is 29.4 Å². The molecular formula is C24H21N3O4S2. The fourth-order valence-electron chi connectivity index (χ4n) is 3.13. The summed E-state index contributed by atoms with van der Waals surface area (Å²) in [6.07, 6.45) is 0.364. The van der Waals surface area contributed by atoms with Gasteiger partial charge in [-0.05, 0) is 30.5 Å². The van der Waals surface area contributed by atoms with Crippen LogP contribution in [0.4, 0.5) is 5.69 Å². The molecule has 168 valence electrons. The molecule has 1 amide bonds. The van der Waals surface area contributed by atoms with Crippen molar-refractivity contribution in [3.05, 3.63) is 77.9 Å². The second-order valence-electron chi connectivity index (χ2n) is 6.81. The van der Waals surface area contributed by atoms with Crippen LogP contribution >= 0.6 is 23.1 Å². The SMILES string of the molecule is CCOc1ccccc1NC(=O)C(OC(=O)CSc1ncnc2sccc12)c1ccccc1. The molecule has 1 N–H and O–H groups in total. The van der Waals surface area contributed by atoms with Crippen molar-refractivity contribution in [3.63, 3.8) is 0 Å². The Balaban J connectivity index is 1.48. The number of esters is 1. The van der Waals surface area contributed by atoms with E-state index < -0.39 is 18.0 Å². The van der Waals surface area contributed by atoms with Crippen LogP contribution in [0.2, 0.25) is 0 Å². The highest BCUT2D eigenvalue weighted by atomic mass is 32.2. The number of carbonyl (C=O) groups is 2. The summed E-state index contributed by atoms with van der Waals surface area (Å²) in [6.45, 7) is 2.33. The number of nitrogens with zero attached hydrogens (tertiary/aromatic N) is 2. The number of nitrogens with one attached hydrogen (secondary N) is 1. The van der Waals surface area contributed by atoms with Crippen molar-refractivity contribution in [2.24, 2.45) is 0 Å². The van der Waals surface area contributed by atoms with Gasteiger partial charge in [-0.25, -0.2) is 9.97 Å². The van der Waals surface area contributed by atoms with E-state index in [1.54, 1.807) is 42.5 Å². The largest absolute Gasteiger partial charge is 0.492 e. The van der Waals surface area contributed by atoms with Gasteiger partial charge in [0.1, 0.15) is 21.9 Å². The van der Waals surface area contributed by atoms with Crippen molar-refractivity contribution in [3.8, 4) is 5.75 Å². The predicted octanol–water partition coefficient (Wildman–Crippen LogP) is 5.11. The lowest BCUT2D eigenvalue weighted by Crippen LogP contribution is -2.26. The Bertz CT molecular complexity index is 1250. The topological polar surface area (TPSA) is 90.4 Å². The molecule has 0 aliphatic heterocycles. The second-order valence-corrected chi connectivity index (χ2v) is 8.66. The molecule has 7 nitrogen and oxygen atoms in total. The highest BCUT2D eigenvalue weighted by Crippen LogP contribution is 2.29. The molecule has 4 aromatic rings. The van der Waals surface area contributed by atoms with E-state index in [-0.39, 0.29) is 5.75 Å². The van der Waals surface area contributed by atoms with Gasteiger partial charge in [0.15, 0.2) is 0 Å². The summed E-state index contributed by atoms with van der Waals surface area (Å²) in [5, 5.41) is 6.35. The average molecular weight is 480 g/mol. The molecule has 0 spiro atoms. The Morgan fingerprint density at radius 2 is 1.85 bits per heavy atom. The first-order valence-corrected chi connectivity index (χ1v) is 12.1. The number of ether oxygens (including phenoxy) is 2. The van der Waals surface area contributed by atoms with Gasteiger partial charge >= 0.3 is 5.97 Å². The number of rotatable bonds is 9. The van der Waals surface area contributed by atoms with Gasteiger partial charge in [-0.2, -0.15) is 0 Å². The van der Waals surface area contributed by atoms with Crippen LogP contribution < -0.4 is 10.1 Å². The van der Waals surface area contributed by atoms with Crippen LogP contribution in [-0.2, 0) is 14.3 Å². The van der Waals surface area contributed by atoms with E-state index in [0.717, 1.165) is 10.2 Å². The highest BCUT2D eigenvalue weighted by Gasteiger charge is 2.26. The Morgan fingerprint density at radius 1 is 1.06 bits per heavy atom. The van der Waals surface area contributed by atoms with Crippen molar-refractivity contribution in [2.45, 2.75) is 18.1 Å². The van der Waals surface area contributed by atoms with Gasteiger partial charge in [0, 0.05) is 10.9 Å². The van der Waals surface area contributed by atoms with Crippen molar-refractivity contribution < 1.29 is 19.1 Å². The van der Waals surface area contributed by atoms with Crippen LogP contribution in [0.15, 0.2) is 77.4 Å². The zero-order valence-corrected chi connectivity index (χ0v) is 19.4. The van der Waals surface area contributed by atoms with Crippen molar-refractivity contribution in [2.75, 3.05) is 17.7 Å². The lowest BCUT2D eigenvalue weighted by Gasteiger charge is -2.19. The molecule has 0 saturated carbocycles. The molecule has 2 aromatic carbocycles. The fourth-order valence-corrected chi connectivity index (χ4v) is 4.69. The number of amides is 1. The lowest BCUT2D eigenvalue weighted by molar-refractivity contribution is -0.152. The minimum Gasteiger partial charge on any atom is -0.492 e. The zero-order valence-electron chi connectivity index (χ0n) is 17.8. The highest BCUT2D eigenvalue weighted by molar-refractivity contribution is 8.00. The van der Waals surface area contributed by atoms with Gasteiger partial charge in [0.25, 0.3) is 5.91 Å². The van der Waals surface area contributed by atoms with Gasteiger partial charge in [-0.1, -0.05) is 54.2 Å². The third-order valence-electron chi connectivity index (χ3n) is 4.59. The standard InChI is InChI=1S/C24H21N3O4S2/c1-2-30-19-11-7-6-10-18(19)27-22(29)21(16-8-4-3-5-9-16)31-20(28)14-33-24-17-12-13-32-23(17)25-15-26-24/h3-13,15,21H,2,14H2,1H3,(H,27,29). The number of benzene rings is 2. The summed E-state index contributed by atoms with van der Waals surface area (Å²) in [6, 6.07) is 18.0.